The van der Waals surface area contributed by atoms with Crippen molar-refractivity contribution in [1.82, 2.24) is 4.98 Å². The molecule has 0 radical (unpaired) electrons. The molecule has 0 fully saturated rings. The van der Waals surface area contributed by atoms with Gasteiger partial charge in [0, 0.05) is 24.3 Å². The summed E-state index contributed by atoms with van der Waals surface area (Å²) in [6.07, 6.45) is 0. The number of rotatable bonds is 3. The second-order valence-electron chi connectivity index (χ2n) is 10.1. The summed E-state index contributed by atoms with van der Waals surface area (Å²) in [5, 5.41) is 3.62. The van der Waals surface area contributed by atoms with Gasteiger partial charge in [-0.05, 0) is 93.0 Å². The Hall–Kier alpha value is -4.13. The molecular weight excluding hydrogens is 631 g/mol. The van der Waals surface area contributed by atoms with Gasteiger partial charge in [-0.15, -0.1) is 0 Å². The van der Waals surface area contributed by atoms with E-state index in [0.717, 1.165) is 27.8 Å². The number of nitrogens with zero attached hydrogens (tertiary/aromatic N) is 2. The molecule has 0 aliphatic carbocycles. The highest BCUT2D eigenvalue weighted by atomic mass is 127. The van der Waals surface area contributed by atoms with Gasteiger partial charge in [-0.25, -0.2) is 4.98 Å². The van der Waals surface area contributed by atoms with Crippen LogP contribution in [0, 0.1) is 3.57 Å². The van der Waals surface area contributed by atoms with Crippen molar-refractivity contribution in [2.45, 2.75) is 9.79 Å². The van der Waals surface area contributed by atoms with Crippen LogP contribution in [-0.4, -0.2) is 4.98 Å². The van der Waals surface area contributed by atoms with Crippen LogP contribution in [0.5, 0.6) is 0 Å². The Labute approximate surface area is 256 Å². The molecule has 0 saturated carbocycles. The molecule has 1 aromatic heterocycles. The van der Waals surface area contributed by atoms with E-state index >= 15 is 0 Å². The monoisotopic (exact) mass is 654 g/mol. The average molecular weight is 655 g/mol. The molecule has 41 heavy (non-hydrogen) atoms. The smallest absolute Gasteiger partial charge is 0.0956 e. The largest absolute Gasteiger partial charge is 0.306 e. The minimum atomic E-state index is 0.970. The number of fused-ring (bicyclic) bond motifs is 4. The quantitative estimate of drug-likeness (QED) is 0.176. The third-order valence-corrected chi connectivity index (χ3v) is 9.56. The third-order valence-electron chi connectivity index (χ3n) is 7.71. The average Bonchev–Trinajstić information content (AvgIpc) is 3.03. The van der Waals surface area contributed by atoms with E-state index < -0.39 is 0 Å². The lowest BCUT2D eigenvalue weighted by Crippen LogP contribution is -2.15. The van der Waals surface area contributed by atoms with E-state index in [2.05, 4.69) is 167 Å². The lowest BCUT2D eigenvalue weighted by Gasteiger charge is -2.33. The van der Waals surface area contributed by atoms with Crippen LogP contribution in [-0.2, 0) is 0 Å². The number of hydrogen-bond acceptors (Lipinski definition) is 3. The minimum Gasteiger partial charge on any atom is -0.306 e. The summed E-state index contributed by atoms with van der Waals surface area (Å²) in [6.45, 7) is 0. The first-order valence-corrected chi connectivity index (χ1v) is 15.5. The van der Waals surface area contributed by atoms with Crippen molar-refractivity contribution in [2.75, 3.05) is 4.90 Å². The van der Waals surface area contributed by atoms with Gasteiger partial charge in [-0.3, -0.25) is 0 Å². The molecule has 0 N–H and O–H groups in total. The Morgan fingerprint density at radius 2 is 1.15 bits per heavy atom. The van der Waals surface area contributed by atoms with Crippen molar-refractivity contribution in [3.63, 3.8) is 0 Å². The molecule has 2 heterocycles. The zero-order chi connectivity index (χ0) is 27.3. The molecule has 7 aromatic rings. The SMILES string of the molecule is Ic1ccc(-c2cc(-c3cccc4ccccc34)c3cccc(N4c5ccccc5Sc5ccccc54)c3n2)cc1. The highest BCUT2D eigenvalue weighted by molar-refractivity contribution is 14.1. The van der Waals surface area contributed by atoms with Gasteiger partial charge in [0.2, 0.25) is 0 Å². The standard InChI is InChI=1S/C37H23IN2S/c38-26-21-19-25(20-22-26)31-23-30(28-12-7-10-24-9-1-2-11-27(24)28)29-13-8-16-34(37(29)39-31)40-32-14-3-5-17-35(32)41-36-18-6-4-15-33(36)40/h1-23H. The fourth-order valence-electron chi connectivity index (χ4n) is 5.83. The number of anilines is 3. The molecular formula is C37H23IN2S. The molecule has 1 aliphatic heterocycles. The minimum absolute atomic E-state index is 0.970. The van der Waals surface area contributed by atoms with Crippen LogP contribution in [0.4, 0.5) is 17.1 Å². The van der Waals surface area contributed by atoms with Crippen LogP contribution in [0.2, 0.25) is 0 Å². The molecule has 1 aliphatic rings. The van der Waals surface area contributed by atoms with Gasteiger partial charge in [0.1, 0.15) is 0 Å². The Morgan fingerprint density at radius 1 is 0.537 bits per heavy atom. The summed E-state index contributed by atoms with van der Waals surface area (Å²) in [5.74, 6) is 0. The van der Waals surface area contributed by atoms with E-state index in [4.69, 9.17) is 4.98 Å². The Morgan fingerprint density at radius 3 is 1.93 bits per heavy atom. The third kappa shape index (κ3) is 4.21. The van der Waals surface area contributed by atoms with E-state index in [-0.39, 0.29) is 0 Å². The van der Waals surface area contributed by atoms with E-state index in [1.807, 2.05) is 11.8 Å². The fourth-order valence-corrected chi connectivity index (χ4v) is 7.25. The normalized spacial score (nSPS) is 12.4. The lowest BCUT2D eigenvalue weighted by molar-refractivity contribution is 1.17. The predicted octanol–water partition coefficient (Wildman–Crippen LogP) is 11.3. The van der Waals surface area contributed by atoms with Crippen LogP contribution >= 0.6 is 34.4 Å². The van der Waals surface area contributed by atoms with E-state index in [1.54, 1.807) is 0 Å². The number of para-hydroxylation sites is 3. The summed E-state index contributed by atoms with van der Waals surface area (Å²) < 4.78 is 1.21. The summed E-state index contributed by atoms with van der Waals surface area (Å²) in [7, 11) is 0. The van der Waals surface area contributed by atoms with Crippen molar-refractivity contribution in [3.8, 4) is 22.4 Å². The molecule has 0 atom stereocenters. The molecule has 4 heteroatoms. The number of halogens is 1. The van der Waals surface area contributed by atoms with Gasteiger partial charge < -0.3 is 4.90 Å². The first-order valence-electron chi connectivity index (χ1n) is 13.6. The fraction of sp³-hybridized carbons (Fsp3) is 0. The van der Waals surface area contributed by atoms with Gasteiger partial charge in [0.25, 0.3) is 0 Å². The first-order chi connectivity index (χ1) is 20.2. The number of pyridine rings is 1. The highest BCUT2D eigenvalue weighted by Gasteiger charge is 2.26. The summed E-state index contributed by atoms with van der Waals surface area (Å²) >= 11 is 4.19. The van der Waals surface area contributed by atoms with Gasteiger partial charge in [-0.2, -0.15) is 0 Å². The zero-order valence-corrected chi connectivity index (χ0v) is 24.9. The van der Waals surface area contributed by atoms with Gasteiger partial charge in [0.15, 0.2) is 0 Å². The van der Waals surface area contributed by atoms with Crippen LogP contribution in [0.1, 0.15) is 0 Å². The van der Waals surface area contributed by atoms with Crippen molar-refractivity contribution < 1.29 is 0 Å². The highest BCUT2D eigenvalue weighted by Crippen LogP contribution is 2.52. The van der Waals surface area contributed by atoms with Gasteiger partial charge >= 0.3 is 0 Å². The van der Waals surface area contributed by atoms with Crippen molar-refractivity contribution in [3.05, 3.63) is 143 Å². The molecule has 2 nitrogen and oxygen atoms in total. The maximum absolute atomic E-state index is 5.41. The van der Waals surface area contributed by atoms with Crippen molar-refractivity contribution in [1.29, 1.82) is 0 Å². The molecule has 0 saturated heterocycles. The topological polar surface area (TPSA) is 16.1 Å². The number of benzene rings is 6. The summed E-state index contributed by atoms with van der Waals surface area (Å²) in [5.41, 5.74) is 8.91. The maximum Gasteiger partial charge on any atom is 0.0956 e. The molecule has 0 amide bonds. The van der Waals surface area contributed by atoms with Crippen molar-refractivity contribution >= 4 is 73.1 Å². The van der Waals surface area contributed by atoms with Gasteiger partial charge in [0.05, 0.1) is 28.3 Å². The molecule has 0 unspecified atom stereocenters. The lowest BCUT2D eigenvalue weighted by atomic mass is 9.93. The maximum atomic E-state index is 5.41. The van der Waals surface area contributed by atoms with Crippen LogP contribution in [0.25, 0.3) is 44.1 Å². The van der Waals surface area contributed by atoms with Crippen molar-refractivity contribution in [2.24, 2.45) is 0 Å². The molecule has 194 valence electrons. The van der Waals surface area contributed by atoms with E-state index in [9.17, 15) is 0 Å². The van der Waals surface area contributed by atoms with Crippen LogP contribution in [0.3, 0.4) is 0 Å². The molecule has 0 spiro atoms. The van der Waals surface area contributed by atoms with Crippen LogP contribution in [0.15, 0.2) is 149 Å². The summed E-state index contributed by atoms with van der Waals surface area (Å²) in [4.78, 5) is 10.3. The number of hydrogen-bond donors (Lipinski definition) is 0. The molecule has 8 rings (SSSR count). The molecule has 0 bridgehead atoms. The second kappa shape index (κ2) is 10.1. The Kier molecular flexibility index (Phi) is 6.04. The predicted molar refractivity (Wildman–Crippen MR) is 182 cm³/mol. The van der Waals surface area contributed by atoms with Gasteiger partial charge in [-0.1, -0.05) is 103 Å². The molecule has 6 aromatic carbocycles. The zero-order valence-electron chi connectivity index (χ0n) is 22.0. The van der Waals surface area contributed by atoms with Crippen LogP contribution < -0.4 is 4.90 Å². The summed E-state index contributed by atoms with van der Waals surface area (Å²) in [6, 6.07) is 50.1. The van der Waals surface area contributed by atoms with E-state index in [1.165, 1.54) is 46.6 Å². The Balaban J connectivity index is 1.47. The second-order valence-corrected chi connectivity index (χ2v) is 12.5. The number of aromatic nitrogens is 1. The van der Waals surface area contributed by atoms with E-state index in [0.29, 0.717) is 0 Å². The Bertz CT molecular complexity index is 2050. The first kappa shape index (κ1) is 24.6.